The Kier molecular flexibility index (Phi) is 5.48. The van der Waals surface area contributed by atoms with Gasteiger partial charge in [0.05, 0.1) is 11.6 Å². The highest BCUT2D eigenvalue weighted by Crippen LogP contribution is 2.33. The van der Waals surface area contributed by atoms with Crippen molar-refractivity contribution in [2.75, 3.05) is 5.32 Å². The van der Waals surface area contributed by atoms with Crippen LogP contribution in [0.1, 0.15) is 40.8 Å². The molecule has 2 N–H and O–H groups in total. The Morgan fingerprint density at radius 3 is 2.27 bits per heavy atom. The van der Waals surface area contributed by atoms with Crippen molar-refractivity contribution in [2.45, 2.75) is 31.1 Å². The van der Waals surface area contributed by atoms with E-state index in [1.54, 1.807) is 0 Å². The minimum atomic E-state index is -4.42. The zero-order valence-corrected chi connectivity index (χ0v) is 16.1. The highest BCUT2D eigenvalue weighted by Gasteiger charge is 2.32. The highest BCUT2D eigenvalue weighted by molar-refractivity contribution is 5.86. The van der Waals surface area contributed by atoms with Crippen molar-refractivity contribution in [3.8, 4) is 0 Å². The third-order valence-electron chi connectivity index (χ3n) is 5.37. The molecule has 154 valence electrons. The Morgan fingerprint density at radius 2 is 1.57 bits per heavy atom. The summed E-state index contributed by atoms with van der Waals surface area (Å²) in [4.78, 5) is 13.2. The summed E-state index contributed by atoms with van der Waals surface area (Å²) in [5, 5.41) is 6.23. The van der Waals surface area contributed by atoms with E-state index in [1.165, 1.54) is 17.7 Å². The van der Waals surface area contributed by atoms with Crippen molar-refractivity contribution in [3.63, 3.8) is 0 Å². The number of para-hydroxylation sites is 1. The molecule has 3 aromatic rings. The third-order valence-corrected chi connectivity index (χ3v) is 5.37. The maximum absolute atomic E-state index is 13.2. The number of hydrogen-bond donors (Lipinski definition) is 2. The first-order valence-electron chi connectivity index (χ1n) is 9.79. The van der Waals surface area contributed by atoms with Crippen LogP contribution < -0.4 is 10.6 Å². The standard InChI is InChI=1S/C24H21F3N2O/c25-24(26,27)18-13-10-17(11-14-18)22(28-19-7-2-1-3-8-19)23(30)29-21-15-12-16-6-4-5-9-20(16)21/h1-11,13-14,21-22,28H,12,15H2,(H,29,30)/t21-,22?/m1/s1. The second-order valence-electron chi connectivity index (χ2n) is 7.36. The van der Waals surface area contributed by atoms with Crippen LogP contribution in [0.5, 0.6) is 0 Å². The van der Waals surface area contributed by atoms with E-state index in [-0.39, 0.29) is 11.9 Å². The topological polar surface area (TPSA) is 41.1 Å². The van der Waals surface area contributed by atoms with Gasteiger partial charge in [0.15, 0.2) is 0 Å². The number of rotatable bonds is 5. The second kappa shape index (κ2) is 8.22. The van der Waals surface area contributed by atoms with Crippen molar-refractivity contribution in [1.29, 1.82) is 0 Å². The summed E-state index contributed by atoms with van der Waals surface area (Å²) in [6.45, 7) is 0. The Morgan fingerprint density at radius 1 is 0.900 bits per heavy atom. The van der Waals surface area contributed by atoms with Crippen molar-refractivity contribution in [2.24, 2.45) is 0 Å². The van der Waals surface area contributed by atoms with Crippen molar-refractivity contribution < 1.29 is 18.0 Å². The molecular weight excluding hydrogens is 389 g/mol. The second-order valence-corrected chi connectivity index (χ2v) is 7.36. The fourth-order valence-electron chi connectivity index (χ4n) is 3.83. The molecule has 0 heterocycles. The summed E-state index contributed by atoms with van der Waals surface area (Å²) in [5.74, 6) is -0.277. The monoisotopic (exact) mass is 410 g/mol. The number of carbonyl (C=O) groups is 1. The van der Waals surface area contributed by atoms with Gasteiger partial charge >= 0.3 is 6.18 Å². The molecule has 6 heteroatoms. The number of halogens is 3. The summed E-state index contributed by atoms with van der Waals surface area (Å²) in [7, 11) is 0. The molecule has 0 bridgehead atoms. The SMILES string of the molecule is O=C(N[C@@H]1CCc2ccccc21)C(Nc1ccccc1)c1ccc(C(F)(F)F)cc1. The molecule has 1 aliphatic rings. The predicted molar refractivity (Wildman–Crippen MR) is 110 cm³/mol. The first kappa shape index (κ1) is 20.0. The van der Waals surface area contributed by atoms with Gasteiger partial charge in [-0.1, -0.05) is 54.6 Å². The van der Waals surface area contributed by atoms with E-state index in [9.17, 15) is 18.0 Å². The minimum absolute atomic E-state index is 0.108. The average Bonchev–Trinajstić information content (AvgIpc) is 3.15. The van der Waals surface area contributed by atoms with Gasteiger partial charge in [0.1, 0.15) is 6.04 Å². The lowest BCUT2D eigenvalue weighted by molar-refractivity contribution is -0.137. The highest BCUT2D eigenvalue weighted by atomic mass is 19.4. The largest absolute Gasteiger partial charge is 0.416 e. The number of anilines is 1. The molecular formula is C24H21F3N2O. The van der Waals surface area contributed by atoms with Crippen LogP contribution in [0.15, 0.2) is 78.9 Å². The van der Waals surface area contributed by atoms with Gasteiger partial charge < -0.3 is 10.6 Å². The van der Waals surface area contributed by atoms with Crippen LogP contribution in [0.25, 0.3) is 0 Å². The molecule has 2 atom stereocenters. The molecule has 4 rings (SSSR count). The zero-order chi connectivity index (χ0) is 21.1. The number of nitrogens with one attached hydrogen (secondary N) is 2. The molecule has 3 nitrogen and oxygen atoms in total. The molecule has 3 aromatic carbocycles. The smallest absolute Gasteiger partial charge is 0.370 e. The molecule has 0 saturated heterocycles. The van der Waals surface area contributed by atoms with E-state index in [0.29, 0.717) is 11.3 Å². The minimum Gasteiger partial charge on any atom is -0.370 e. The third kappa shape index (κ3) is 4.32. The van der Waals surface area contributed by atoms with Gasteiger partial charge in [-0.15, -0.1) is 0 Å². The molecule has 1 unspecified atom stereocenters. The van der Waals surface area contributed by atoms with Gasteiger partial charge in [-0.05, 0) is 53.8 Å². The number of aryl methyl sites for hydroxylation is 1. The van der Waals surface area contributed by atoms with Gasteiger partial charge in [-0.25, -0.2) is 0 Å². The molecule has 0 fully saturated rings. The molecule has 1 amide bonds. The zero-order valence-electron chi connectivity index (χ0n) is 16.1. The summed E-state index contributed by atoms with van der Waals surface area (Å²) < 4.78 is 38.8. The van der Waals surface area contributed by atoms with Crippen molar-refractivity contribution >= 4 is 11.6 Å². The van der Waals surface area contributed by atoms with E-state index in [4.69, 9.17) is 0 Å². The van der Waals surface area contributed by atoms with Crippen molar-refractivity contribution in [1.82, 2.24) is 5.32 Å². The van der Waals surface area contributed by atoms with Crippen LogP contribution in [0.3, 0.4) is 0 Å². The summed E-state index contributed by atoms with van der Waals surface area (Å²) in [6.07, 6.45) is -2.73. The van der Waals surface area contributed by atoms with E-state index in [2.05, 4.69) is 16.7 Å². The summed E-state index contributed by atoms with van der Waals surface area (Å²) in [6, 6.07) is 20.9. The maximum atomic E-state index is 13.2. The summed E-state index contributed by atoms with van der Waals surface area (Å²) in [5.41, 5.74) is 2.75. The fraction of sp³-hybridized carbons (Fsp3) is 0.208. The first-order chi connectivity index (χ1) is 14.4. The Labute approximate surface area is 172 Å². The Bertz CT molecular complexity index is 1020. The van der Waals surface area contributed by atoms with E-state index in [0.717, 1.165) is 30.5 Å². The Hall–Kier alpha value is -3.28. The van der Waals surface area contributed by atoms with Crippen LogP contribution in [-0.4, -0.2) is 5.91 Å². The predicted octanol–water partition coefficient (Wildman–Crippen LogP) is 5.66. The lowest BCUT2D eigenvalue weighted by atomic mass is 10.0. The van der Waals surface area contributed by atoms with Crippen molar-refractivity contribution in [3.05, 3.63) is 101 Å². The maximum Gasteiger partial charge on any atom is 0.416 e. The molecule has 1 aliphatic carbocycles. The Balaban J connectivity index is 1.59. The lowest BCUT2D eigenvalue weighted by Crippen LogP contribution is -2.35. The number of benzene rings is 3. The lowest BCUT2D eigenvalue weighted by Gasteiger charge is -2.23. The van der Waals surface area contributed by atoms with Gasteiger partial charge in [0.2, 0.25) is 5.91 Å². The fourth-order valence-corrected chi connectivity index (χ4v) is 3.83. The van der Waals surface area contributed by atoms with E-state index < -0.39 is 17.8 Å². The number of fused-ring (bicyclic) bond motifs is 1. The molecule has 0 aromatic heterocycles. The first-order valence-corrected chi connectivity index (χ1v) is 9.79. The molecule has 30 heavy (non-hydrogen) atoms. The van der Waals surface area contributed by atoms with Crippen LogP contribution in [0.2, 0.25) is 0 Å². The van der Waals surface area contributed by atoms with Crippen LogP contribution in [0, 0.1) is 0 Å². The number of amides is 1. The quantitative estimate of drug-likeness (QED) is 0.570. The summed E-state index contributed by atoms with van der Waals surface area (Å²) >= 11 is 0. The van der Waals surface area contributed by atoms with Gasteiger partial charge in [0.25, 0.3) is 0 Å². The molecule has 0 spiro atoms. The normalized spacial score (nSPS) is 16.6. The number of carbonyl (C=O) groups excluding carboxylic acids is 1. The molecule has 0 aliphatic heterocycles. The number of hydrogen-bond acceptors (Lipinski definition) is 2. The van der Waals surface area contributed by atoms with E-state index in [1.807, 2.05) is 48.5 Å². The van der Waals surface area contributed by atoms with E-state index >= 15 is 0 Å². The van der Waals surface area contributed by atoms with Crippen LogP contribution in [-0.2, 0) is 17.4 Å². The molecule has 0 saturated carbocycles. The average molecular weight is 410 g/mol. The van der Waals surface area contributed by atoms with Crippen LogP contribution >= 0.6 is 0 Å². The van der Waals surface area contributed by atoms with Gasteiger partial charge in [-0.3, -0.25) is 4.79 Å². The number of alkyl halides is 3. The van der Waals surface area contributed by atoms with Crippen LogP contribution in [0.4, 0.5) is 18.9 Å². The van der Waals surface area contributed by atoms with Gasteiger partial charge in [-0.2, -0.15) is 13.2 Å². The van der Waals surface area contributed by atoms with Gasteiger partial charge in [0, 0.05) is 5.69 Å². The molecule has 0 radical (unpaired) electrons.